The van der Waals surface area contributed by atoms with Crippen molar-refractivity contribution in [2.45, 2.75) is 12.5 Å². The van der Waals surface area contributed by atoms with Crippen LogP contribution in [0.1, 0.15) is 16.8 Å². The van der Waals surface area contributed by atoms with E-state index in [0.717, 1.165) is 0 Å². The quantitative estimate of drug-likeness (QED) is 0.827. The minimum absolute atomic E-state index is 0.00653. The summed E-state index contributed by atoms with van der Waals surface area (Å²) in [7, 11) is -1.47. The van der Waals surface area contributed by atoms with E-state index in [4.69, 9.17) is 0 Å². The molecule has 0 saturated carbocycles. The molecule has 6 nitrogen and oxygen atoms in total. The molecule has 0 aromatic heterocycles. The molecule has 22 heavy (non-hydrogen) atoms. The van der Waals surface area contributed by atoms with Gasteiger partial charge in [-0.05, 0) is 34.5 Å². The van der Waals surface area contributed by atoms with Crippen LogP contribution in [0.25, 0.3) is 0 Å². The van der Waals surface area contributed by atoms with Crippen molar-refractivity contribution in [3.05, 3.63) is 34.3 Å². The summed E-state index contributed by atoms with van der Waals surface area (Å²) in [6.45, 7) is -0.160. The molecule has 2 rings (SSSR count). The van der Waals surface area contributed by atoms with Crippen molar-refractivity contribution in [1.29, 1.82) is 0 Å². The lowest BCUT2D eigenvalue weighted by Crippen LogP contribution is -2.43. The fourth-order valence-corrected chi connectivity index (χ4v) is 4.54. The Morgan fingerprint density at radius 2 is 2.05 bits per heavy atom. The zero-order valence-corrected chi connectivity index (χ0v) is 14.5. The summed E-state index contributed by atoms with van der Waals surface area (Å²) in [5.74, 6) is -0.553. The zero-order valence-electron chi connectivity index (χ0n) is 12.1. The summed E-state index contributed by atoms with van der Waals surface area (Å²) in [5, 5.41) is 2.56. The Morgan fingerprint density at radius 3 is 2.64 bits per heavy atom. The molecule has 0 aliphatic carbocycles. The van der Waals surface area contributed by atoms with Gasteiger partial charge < -0.3 is 10.2 Å². The number of likely N-dealkylation sites (N-methyl/N-ethyl adjacent to an activating group) is 1. The van der Waals surface area contributed by atoms with Crippen molar-refractivity contribution >= 4 is 37.6 Å². The molecule has 0 radical (unpaired) electrons. The van der Waals surface area contributed by atoms with E-state index in [9.17, 15) is 18.0 Å². The minimum Gasteiger partial charge on any atom is -0.343 e. The highest BCUT2D eigenvalue weighted by Crippen LogP contribution is 2.17. The maximum absolute atomic E-state index is 12.1. The lowest BCUT2D eigenvalue weighted by Gasteiger charge is -2.23. The fraction of sp³-hybridized carbons (Fsp3) is 0.429. The number of sulfone groups is 1. The van der Waals surface area contributed by atoms with Gasteiger partial charge in [-0.2, -0.15) is 0 Å². The Morgan fingerprint density at radius 1 is 1.36 bits per heavy atom. The number of hydrogen-bond donors (Lipinski definition) is 1. The van der Waals surface area contributed by atoms with Gasteiger partial charge in [0, 0.05) is 17.6 Å². The number of carbonyl (C=O) groups excluding carboxylic acids is 2. The molecule has 0 spiro atoms. The molecule has 1 atom stereocenters. The molecule has 1 aromatic carbocycles. The van der Waals surface area contributed by atoms with Gasteiger partial charge in [0.25, 0.3) is 5.91 Å². The van der Waals surface area contributed by atoms with Crippen LogP contribution in [0.4, 0.5) is 0 Å². The van der Waals surface area contributed by atoms with Crippen molar-refractivity contribution < 1.29 is 18.0 Å². The zero-order chi connectivity index (χ0) is 16.3. The van der Waals surface area contributed by atoms with Crippen molar-refractivity contribution in [2.24, 2.45) is 0 Å². The van der Waals surface area contributed by atoms with Crippen LogP contribution in [0.15, 0.2) is 28.7 Å². The van der Waals surface area contributed by atoms with Gasteiger partial charge in [-0.1, -0.05) is 12.1 Å². The number of nitrogens with one attached hydrogen (secondary N) is 1. The van der Waals surface area contributed by atoms with Crippen molar-refractivity contribution in [2.75, 3.05) is 25.1 Å². The van der Waals surface area contributed by atoms with E-state index in [2.05, 4.69) is 21.2 Å². The molecule has 0 bridgehead atoms. The van der Waals surface area contributed by atoms with Gasteiger partial charge in [-0.25, -0.2) is 8.42 Å². The summed E-state index contributed by atoms with van der Waals surface area (Å²) >= 11 is 3.28. The van der Waals surface area contributed by atoms with E-state index < -0.39 is 9.84 Å². The van der Waals surface area contributed by atoms with Gasteiger partial charge in [0.15, 0.2) is 9.84 Å². The highest BCUT2D eigenvalue weighted by Gasteiger charge is 2.32. The third-order valence-electron chi connectivity index (χ3n) is 3.67. The molecule has 1 fully saturated rings. The largest absolute Gasteiger partial charge is 0.343 e. The van der Waals surface area contributed by atoms with E-state index in [1.54, 1.807) is 31.3 Å². The molecule has 1 N–H and O–H groups in total. The van der Waals surface area contributed by atoms with E-state index >= 15 is 0 Å². The van der Waals surface area contributed by atoms with Gasteiger partial charge in [-0.3, -0.25) is 9.59 Å². The molecule has 8 heteroatoms. The van der Waals surface area contributed by atoms with Gasteiger partial charge in [0.1, 0.15) is 0 Å². The molecule has 1 saturated heterocycles. The maximum atomic E-state index is 12.1. The van der Waals surface area contributed by atoms with Gasteiger partial charge >= 0.3 is 0 Å². The Kier molecular flexibility index (Phi) is 5.23. The summed E-state index contributed by atoms with van der Waals surface area (Å²) in [5.41, 5.74) is 0.446. The van der Waals surface area contributed by atoms with Crippen LogP contribution in [0, 0.1) is 0 Å². The van der Waals surface area contributed by atoms with E-state index in [0.29, 0.717) is 16.5 Å². The first-order valence-corrected chi connectivity index (χ1v) is 9.40. The van der Waals surface area contributed by atoms with Crippen molar-refractivity contribution in [3.63, 3.8) is 0 Å². The first-order valence-electron chi connectivity index (χ1n) is 6.79. The summed E-state index contributed by atoms with van der Waals surface area (Å²) in [6, 6.07) is 6.61. The molecule has 1 aliphatic rings. The lowest BCUT2D eigenvalue weighted by atomic mass is 10.2. The van der Waals surface area contributed by atoms with Crippen molar-refractivity contribution in [1.82, 2.24) is 10.2 Å². The van der Waals surface area contributed by atoms with E-state index in [1.807, 2.05) is 0 Å². The van der Waals surface area contributed by atoms with Crippen LogP contribution in [0.5, 0.6) is 0 Å². The van der Waals surface area contributed by atoms with Crippen LogP contribution in [0.2, 0.25) is 0 Å². The number of hydrogen-bond acceptors (Lipinski definition) is 4. The number of benzene rings is 1. The number of carbonyl (C=O) groups is 2. The van der Waals surface area contributed by atoms with Crippen LogP contribution in [-0.2, 0) is 14.6 Å². The van der Waals surface area contributed by atoms with Crippen LogP contribution in [-0.4, -0.2) is 56.3 Å². The van der Waals surface area contributed by atoms with E-state index in [1.165, 1.54) is 4.90 Å². The molecule has 1 heterocycles. The topological polar surface area (TPSA) is 83.6 Å². The third kappa shape index (κ3) is 4.07. The predicted octanol–water partition coefficient (Wildman–Crippen LogP) is 0.824. The summed E-state index contributed by atoms with van der Waals surface area (Å²) in [6.07, 6.45) is 0.447. The SMILES string of the molecule is CN(C(=O)CNC(=O)c1ccccc1Br)[C@H]1CCS(=O)(=O)C1. The van der Waals surface area contributed by atoms with Crippen LogP contribution in [0.3, 0.4) is 0 Å². The second kappa shape index (κ2) is 6.78. The first kappa shape index (κ1) is 17.0. The summed E-state index contributed by atoms with van der Waals surface area (Å²) < 4.78 is 23.5. The second-order valence-electron chi connectivity index (χ2n) is 5.22. The average Bonchev–Trinajstić information content (AvgIpc) is 2.84. The first-order chi connectivity index (χ1) is 10.3. The maximum Gasteiger partial charge on any atom is 0.252 e. The number of nitrogens with zero attached hydrogens (tertiary/aromatic N) is 1. The standard InChI is InChI=1S/C14H17BrN2O4S/c1-17(10-6-7-22(20,21)9-10)13(18)8-16-14(19)11-4-2-3-5-12(11)15/h2-5,10H,6-9H2,1H3,(H,16,19)/t10-/m0/s1. The minimum atomic E-state index is -3.04. The highest BCUT2D eigenvalue weighted by molar-refractivity contribution is 9.10. The van der Waals surface area contributed by atoms with E-state index in [-0.39, 0.29) is 35.9 Å². The molecule has 2 amide bonds. The molecule has 0 unspecified atom stereocenters. The smallest absolute Gasteiger partial charge is 0.252 e. The Labute approximate surface area is 137 Å². The molecular formula is C14H17BrN2O4S. The Balaban J connectivity index is 1.90. The third-order valence-corrected chi connectivity index (χ3v) is 6.11. The Hall–Kier alpha value is -1.41. The normalized spacial score (nSPS) is 19.6. The number of amides is 2. The molecule has 1 aliphatic heterocycles. The second-order valence-corrected chi connectivity index (χ2v) is 8.31. The van der Waals surface area contributed by atoms with Gasteiger partial charge in [0.05, 0.1) is 23.6 Å². The lowest BCUT2D eigenvalue weighted by molar-refractivity contribution is -0.130. The molecule has 1 aromatic rings. The fourth-order valence-electron chi connectivity index (χ4n) is 2.31. The van der Waals surface area contributed by atoms with Gasteiger partial charge in [-0.15, -0.1) is 0 Å². The Bertz CT molecular complexity index is 690. The summed E-state index contributed by atoms with van der Waals surface area (Å²) in [4.78, 5) is 25.5. The molecule has 120 valence electrons. The van der Waals surface area contributed by atoms with Gasteiger partial charge in [0.2, 0.25) is 5.91 Å². The predicted molar refractivity (Wildman–Crippen MR) is 86.3 cm³/mol. The number of rotatable bonds is 4. The number of halogens is 1. The molecular weight excluding hydrogens is 372 g/mol. The van der Waals surface area contributed by atoms with Crippen LogP contribution >= 0.6 is 15.9 Å². The van der Waals surface area contributed by atoms with Crippen molar-refractivity contribution in [3.8, 4) is 0 Å². The average molecular weight is 389 g/mol. The monoisotopic (exact) mass is 388 g/mol. The highest BCUT2D eigenvalue weighted by atomic mass is 79.9. The van der Waals surface area contributed by atoms with Crippen LogP contribution < -0.4 is 5.32 Å².